The van der Waals surface area contributed by atoms with Gasteiger partial charge in [0.25, 0.3) is 5.69 Å². The predicted octanol–water partition coefficient (Wildman–Crippen LogP) is 2.44. The second kappa shape index (κ2) is 6.86. The SMILES string of the molecule is Cn1ccnc1C(O)C1CCCN(c2ncc([N+](=O)[O-])cc2Br)C1. The Kier molecular flexibility index (Phi) is 4.81. The van der Waals surface area contributed by atoms with Crippen molar-refractivity contribution in [1.29, 1.82) is 0 Å². The van der Waals surface area contributed by atoms with Crippen LogP contribution in [0.4, 0.5) is 11.5 Å². The Morgan fingerprint density at radius 1 is 1.50 bits per heavy atom. The molecule has 1 N–H and O–H groups in total. The first kappa shape index (κ1) is 16.8. The smallest absolute Gasteiger partial charge is 0.288 e. The summed E-state index contributed by atoms with van der Waals surface area (Å²) in [5, 5.41) is 21.5. The Morgan fingerprint density at radius 3 is 2.92 bits per heavy atom. The molecule has 2 aromatic heterocycles. The zero-order chi connectivity index (χ0) is 17.3. The topological polar surface area (TPSA) is 97.3 Å². The van der Waals surface area contributed by atoms with Crippen molar-refractivity contribution in [2.45, 2.75) is 18.9 Å². The summed E-state index contributed by atoms with van der Waals surface area (Å²) >= 11 is 3.37. The number of hydrogen-bond donors (Lipinski definition) is 1. The fourth-order valence-electron chi connectivity index (χ4n) is 3.09. The molecule has 2 atom stereocenters. The van der Waals surface area contributed by atoms with Crippen molar-refractivity contribution >= 4 is 27.4 Å². The molecule has 0 amide bonds. The molecule has 1 saturated heterocycles. The van der Waals surface area contributed by atoms with E-state index in [9.17, 15) is 15.2 Å². The minimum atomic E-state index is -0.648. The van der Waals surface area contributed by atoms with Gasteiger partial charge >= 0.3 is 0 Å². The average molecular weight is 396 g/mol. The molecule has 0 saturated carbocycles. The van der Waals surface area contributed by atoms with Crippen molar-refractivity contribution in [3.63, 3.8) is 0 Å². The van der Waals surface area contributed by atoms with E-state index in [1.54, 1.807) is 6.20 Å². The minimum Gasteiger partial charge on any atom is -0.385 e. The Labute approximate surface area is 147 Å². The van der Waals surface area contributed by atoms with Gasteiger partial charge in [-0.1, -0.05) is 0 Å². The van der Waals surface area contributed by atoms with Gasteiger partial charge in [0.1, 0.15) is 23.9 Å². The summed E-state index contributed by atoms with van der Waals surface area (Å²) in [7, 11) is 1.86. The van der Waals surface area contributed by atoms with E-state index in [1.807, 2.05) is 22.7 Å². The van der Waals surface area contributed by atoms with E-state index in [0.717, 1.165) is 19.4 Å². The lowest BCUT2D eigenvalue weighted by atomic mass is 9.92. The lowest BCUT2D eigenvalue weighted by molar-refractivity contribution is -0.385. The van der Waals surface area contributed by atoms with Crippen LogP contribution in [-0.2, 0) is 7.05 Å². The maximum absolute atomic E-state index is 10.8. The van der Waals surface area contributed by atoms with Crippen LogP contribution in [0, 0.1) is 16.0 Å². The first-order chi connectivity index (χ1) is 11.5. The van der Waals surface area contributed by atoms with Gasteiger partial charge in [-0.25, -0.2) is 9.97 Å². The number of imidazole rings is 1. The standard InChI is InChI=1S/C15H18BrN5O3/c1-19-6-4-17-15(19)13(22)10-3-2-5-20(9-10)14-12(16)7-11(8-18-14)21(23)24/h4,6-8,10,13,22H,2-3,5,9H2,1H3. The summed E-state index contributed by atoms with van der Waals surface area (Å²) < 4.78 is 2.41. The Balaban J connectivity index is 1.78. The van der Waals surface area contributed by atoms with Gasteiger partial charge in [-0.3, -0.25) is 10.1 Å². The molecule has 1 aliphatic heterocycles. The predicted molar refractivity (Wildman–Crippen MR) is 91.7 cm³/mol. The van der Waals surface area contributed by atoms with E-state index >= 15 is 0 Å². The maximum atomic E-state index is 10.8. The maximum Gasteiger partial charge on any atom is 0.288 e. The van der Waals surface area contributed by atoms with Gasteiger partial charge in [0, 0.05) is 44.5 Å². The molecule has 2 aromatic rings. The normalized spacial score (nSPS) is 19.3. The molecule has 0 spiro atoms. The monoisotopic (exact) mass is 395 g/mol. The number of pyridine rings is 1. The van der Waals surface area contributed by atoms with Crippen molar-refractivity contribution in [3.05, 3.63) is 45.1 Å². The van der Waals surface area contributed by atoms with Crippen LogP contribution in [0.25, 0.3) is 0 Å². The molecule has 24 heavy (non-hydrogen) atoms. The van der Waals surface area contributed by atoms with Crippen molar-refractivity contribution < 1.29 is 10.0 Å². The van der Waals surface area contributed by atoms with E-state index in [-0.39, 0.29) is 11.6 Å². The summed E-state index contributed by atoms with van der Waals surface area (Å²) in [4.78, 5) is 20.9. The van der Waals surface area contributed by atoms with Crippen LogP contribution >= 0.6 is 15.9 Å². The lowest BCUT2D eigenvalue weighted by Crippen LogP contribution is -2.39. The number of aryl methyl sites for hydroxylation is 1. The third-order valence-electron chi connectivity index (χ3n) is 4.35. The summed E-state index contributed by atoms with van der Waals surface area (Å²) in [6, 6.07) is 1.46. The van der Waals surface area contributed by atoms with Gasteiger partial charge < -0.3 is 14.6 Å². The Hall–Kier alpha value is -2.00. The number of halogens is 1. The number of nitro groups is 1. The van der Waals surface area contributed by atoms with Crippen LogP contribution < -0.4 is 4.90 Å². The summed E-state index contributed by atoms with van der Waals surface area (Å²) in [5.41, 5.74) is -0.0489. The molecule has 1 aliphatic rings. The third-order valence-corrected chi connectivity index (χ3v) is 4.93. The molecule has 1 fully saturated rings. The van der Waals surface area contributed by atoms with Crippen LogP contribution in [0.1, 0.15) is 24.8 Å². The highest BCUT2D eigenvalue weighted by Gasteiger charge is 2.30. The number of aliphatic hydroxyl groups excluding tert-OH is 1. The van der Waals surface area contributed by atoms with Crippen LogP contribution in [0.2, 0.25) is 0 Å². The van der Waals surface area contributed by atoms with Crippen molar-refractivity contribution in [2.24, 2.45) is 13.0 Å². The summed E-state index contributed by atoms with van der Waals surface area (Å²) in [5.74, 6) is 1.35. The molecule has 0 bridgehead atoms. The highest BCUT2D eigenvalue weighted by atomic mass is 79.9. The van der Waals surface area contributed by atoms with E-state index in [2.05, 4.69) is 25.9 Å². The van der Waals surface area contributed by atoms with E-state index < -0.39 is 11.0 Å². The summed E-state index contributed by atoms with van der Waals surface area (Å²) in [6.45, 7) is 1.42. The number of aliphatic hydroxyl groups is 1. The van der Waals surface area contributed by atoms with E-state index in [4.69, 9.17) is 0 Å². The van der Waals surface area contributed by atoms with Crippen LogP contribution in [0.3, 0.4) is 0 Å². The minimum absolute atomic E-state index is 0.0312. The van der Waals surface area contributed by atoms with Crippen LogP contribution in [0.5, 0.6) is 0 Å². The molecular formula is C15H18BrN5O3. The first-order valence-electron chi connectivity index (χ1n) is 7.67. The fourth-order valence-corrected chi connectivity index (χ4v) is 3.67. The molecule has 128 valence electrons. The molecule has 0 radical (unpaired) electrons. The lowest BCUT2D eigenvalue weighted by Gasteiger charge is -2.36. The van der Waals surface area contributed by atoms with Gasteiger partial charge in [0.2, 0.25) is 0 Å². The van der Waals surface area contributed by atoms with Crippen LogP contribution in [0.15, 0.2) is 29.1 Å². The van der Waals surface area contributed by atoms with Gasteiger partial charge in [0.15, 0.2) is 0 Å². The van der Waals surface area contributed by atoms with Crippen molar-refractivity contribution in [3.8, 4) is 0 Å². The Morgan fingerprint density at radius 2 is 2.29 bits per heavy atom. The molecule has 0 aliphatic carbocycles. The number of rotatable bonds is 4. The number of hydrogen-bond acceptors (Lipinski definition) is 6. The first-order valence-corrected chi connectivity index (χ1v) is 8.47. The average Bonchev–Trinajstić information content (AvgIpc) is 3.00. The molecular weight excluding hydrogens is 378 g/mol. The zero-order valence-electron chi connectivity index (χ0n) is 13.2. The molecule has 3 rings (SSSR count). The van der Waals surface area contributed by atoms with Crippen molar-refractivity contribution in [2.75, 3.05) is 18.0 Å². The number of anilines is 1. The molecule has 2 unspecified atom stereocenters. The zero-order valence-corrected chi connectivity index (χ0v) is 14.8. The fraction of sp³-hybridized carbons (Fsp3) is 0.467. The number of piperidine rings is 1. The second-order valence-corrected chi connectivity index (χ2v) is 6.80. The van der Waals surface area contributed by atoms with Crippen molar-refractivity contribution in [1.82, 2.24) is 14.5 Å². The molecule has 3 heterocycles. The molecule has 8 nitrogen and oxygen atoms in total. The van der Waals surface area contributed by atoms with Gasteiger partial charge in [0.05, 0.1) is 9.40 Å². The Bertz CT molecular complexity index is 750. The largest absolute Gasteiger partial charge is 0.385 e. The number of nitrogens with zero attached hydrogens (tertiary/aromatic N) is 5. The van der Waals surface area contributed by atoms with Gasteiger partial charge in [-0.05, 0) is 28.8 Å². The van der Waals surface area contributed by atoms with E-state index in [1.165, 1.54) is 12.3 Å². The molecule has 0 aromatic carbocycles. The van der Waals surface area contributed by atoms with Gasteiger partial charge in [-0.15, -0.1) is 0 Å². The van der Waals surface area contributed by atoms with Gasteiger partial charge in [-0.2, -0.15) is 0 Å². The van der Waals surface area contributed by atoms with Crippen LogP contribution in [-0.4, -0.2) is 37.7 Å². The highest BCUT2D eigenvalue weighted by Crippen LogP contribution is 2.34. The second-order valence-electron chi connectivity index (χ2n) is 5.95. The molecule has 9 heteroatoms. The summed E-state index contributed by atoms with van der Waals surface area (Å²) in [6.07, 6.45) is 5.91. The third kappa shape index (κ3) is 3.27. The quantitative estimate of drug-likeness (QED) is 0.630. The highest BCUT2D eigenvalue weighted by molar-refractivity contribution is 9.10. The number of aromatic nitrogens is 3. The van der Waals surface area contributed by atoms with E-state index in [0.29, 0.717) is 22.7 Å².